The van der Waals surface area contributed by atoms with Crippen LogP contribution in [-0.2, 0) is 4.74 Å². The summed E-state index contributed by atoms with van der Waals surface area (Å²) < 4.78 is 5.11. The van der Waals surface area contributed by atoms with Gasteiger partial charge in [-0.25, -0.2) is 0 Å². The molecule has 0 amide bonds. The summed E-state index contributed by atoms with van der Waals surface area (Å²) >= 11 is 0. The van der Waals surface area contributed by atoms with Gasteiger partial charge >= 0.3 is 0 Å². The Balaban J connectivity index is 2.53. The Morgan fingerprint density at radius 3 is 2.40 bits per heavy atom. The molecule has 1 saturated heterocycles. The van der Waals surface area contributed by atoms with Crippen LogP contribution in [0.1, 0.15) is 6.92 Å². The lowest BCUT2D eigenvalue weighted by Gasteiger charge is -2.11. The number of aliphatic hydroxyl groups is 2. The lowest BCUT2D eigenvalue weighted by molar-refractivity contribution is -0.0170. The highest BCUT2D eigenvalue weighted by atomic mass is 16.5. The second kappa shape index (κ2) is 2.84. The predicted molar refractivity (Wildman–Crippen MR) is 35.4 cm³/mol. The SMILES string of the molecule is C[C@H]1O[C@H](CO)[C@H](O)[C@@H]1N. The Labute approximate surface area is 59.6 Å². The molecule has 1 heterocycles. The third-order valence-electron chi connectivity index (χ3n) is 1.89. The van der Waals surface area contributed by atoms with E-state index in [9.17, 15) is 5.11 Å². The quantitative estimate of drug-likeness (QED) is 0.420. The standard InChI is InChI=1S/C6H13NO3/c1-3-5(7)6(9)4(2-8)10-3/h3-6,8-9H,2,7H2,1H3/t3-,4-,5-,6+/m1/s1. The second-order valence-corrected chi connectivity index (χ2v) is 2.63. The molecule has 4 nitrogen and oxygen atoms in total. The normalized spacial score (nSPS) is 48.0. The van der Waals surface area contributed by atoms with Crippen molar-refractivity contribution in [3.05, 3.63) is 0 Å². The second-order valence-electron chi connectivity index (χ2n) is 2.63. The van der Waals surface area contributed by atoms with Crippen molar-refractivity contribution in [2.75, 3.05) is 6.61 Å². The summed E-state index contributed by atoms with van der Waals surface area (Å²) in [7, 11) is 0. The molecule has 4 heteroatoms. The first kappa shape index (κ1) is 7.94. The largest absolute Gasteiger partial charge is 0.394 e. The average molecular weight is 147 g/mol. The summed E-state index contributed by atoms with van der Waals surface area (Å²) in [5.41, 5.74) is 5.50. The fraction of sp³-hybridized carbons (Fsp3) is 1.00. The summed E-state index contributed by atoms with van der Waals surface area (Å²) in [6.45, 7) is 1.61. The molecule has 10 heavy (non-hydrogen) atoms. The summed E-state index contributed by atoms with van der Waals surface area (Å²) in [6.07, 6.45) is -1.38. The topological polar surface area (TPSA) is 75.7 Å². The minimum Gasteiger partial charge on any atom is -0.394 e. The van der Waals surface area contributed by atoms with Gasteiger partial charge < -0.3 is 20.7 Å². The molecule has 0 saturated carbocycles. The molecule has 1 rings (SSSR count). The van der Waals surface area contributed by atoms with E-state index in [-0.39, 0.29) is 18.8 Å². The van der Waals surface area contributed by atoms with Gasteiger partial charge in [0.1, 0.15) is 6.10 Å². The molecular formula is C6H13NO3. The zero-order valence-corrected chi connectivity index (χ0v) is 5.90. The maximum absolute atomic E-state index is 9.22. The van der Waals surface area contributed by atoms with E-state index in [1.165, 1.54) is 0 Å². The Bertz CT molecular complexity index is 120. The van der Waals surface area contributed by atoms with Gasteiger partial charge in [-0.3, -0.25) is 0 Å². The van der Waals surface area contributed by atoms with Crippen molar-refractivity contribution in [2.24, 2.45) is 5.73 Å². The van der Waals surface area contributed by atoms with Crippen LogP contribution in [0, 0.1) is 0 Å². The van der Waals surface area contributed by atoms with Crippen LogP contribution in [0.15, 0.2) is 0 Å². The van der Waals surface area contributed by atoms with Gasteiger partial charge in [-0.1, -0.05) is 0 Å². The molecule has 4 N–H and O–H groups in total. The van der Waals surface area contributed by atoms with Crippen LogP contribution in [0.4, 0.5) is 0 Å². The Morgan fingerprint density at radius 2 is 2.20 bits per heavy atom. The first-order valence-electron chi connectivity index (χ1n) is 3.36. The number of rotatable bonds is 1. The molecule has 0 spiro atoms. The average Bonchev–Trinajstić information content (AvgIpc) is 2.17. The van der Waals surface area contributed by atoms with Gasteiger partial charge in [0.15, 0.2) is 0 Å². The Kier molecular flexibility index (Phi) is 2.25. The van der Waals surface area contributed by atoms with Crippen LogP contribution in [0.3, 0.4) is 0 Å². The van der Waals surface area contributed by atoms with E-state index >= 15 is 0 Å². The Morgan fingerprint density at radius 1 is 1.60 bits per heavy atom. The molecular weight excluding hydrogens is 134 g/mol. The lowest BCUT2D eigenvalue weighted by Crippen LogP contribution is -2.40. The van der Waals surface area contributed by atoms with Crippen molar-refractivity contribution in [1.29, 1.82) is 0 Å². The molecule has 1 aliphatic heterocycles. The van der Waals surface area contributed by atoms with Crippen molar-refractivity contribution >= 4 is 0 Å². The zero-order chi connectivity index (χ0) is 7.72. The first-order valence-corrected chi connectivity index (χ1v) is 3.36. The molecule has 0 aromatic rings. The molecule has 0 aliphatic carbocycles. The summed E-state index contributed by atoms with van der Waals surface area (Å²) in [5.74, 6) is 0. The summed E-state index contributed by atoms with van der Waals surface area (Å²) in [6, 6.07) is -0.364. The van der Waals surface area contributed by atoms with E-state index in [2.05, 4.69) is 0 Å². The zero-order valence-electron chi connectivity index (χ0n) is 5.90. The molecule has 60 valence electrons. The lowest BCUT2D eigenvalue weighted by atomic mass is 10.1. The van der Waals surface area contributed by atoms with E-state index in [4.69, 9.17) is 15.6 Å². The van der Waals surface area contributed by atoms with Crippen LogP contribution in [-0.4, -0.2) is 41.2 Å². The molecule has 0 aromatic carbocycles. The number of ether oxygens (including phenoxy) is 1. The Hall–Kier alpha value is -0.160. The van der Waals surface area contributed by atoms with Gasteiger partial charge in [0, 0.05) is 0 Å². The van der Waals surface area contributed by atoms with E-state index in [1.54, 1.807) is 6.92 Å². The number of hydrogen-bond donors (Lipinski definition) is 3. The monoisotopic (exact) mass is 147 g/mol. The first-order chi connectivity index (χ1) is 4.66. The van der Waals surface area contributed by atoms with Gasteiger partial charge in [-0.15, -0.1) is 0 Å². The van der Waals surface area contributed by atoms with Gasteiger partial charge in [-0.2, -0.15) is 0 Å². The van der Waals surface area contributed by atoms with Crippen LogP contribution < -0.4 is 5.73 Å². The van der Waals surface area contributed by atoms with E-state index in [0.29, 0.717) is 0 Å². The van der Waals surface area contributed by atoms with Crippen molar-refractivity contribution in [3.63, 3.8) is 0 Å². The maximum Gasteiger partial charge on any atom is 0.108 e. The number of nitrogens with two attached hydrogens (primary N) is 1. The molecule has 0 aromatic heterocycles. The molecule has 0 bridgehead atoms. The minimum atomic E-state index is -0.722. The van der Waals surface area contributed by atoms with E-state index in [1.807, 2.05) is 0 Å². The van der Waals surface area contributed by atoms with E-state index in [0.717, 1.165) is 0 Å². The van der Waals surface area contributed by atoms with Crippen LogP contribution in [0.2, 0.25) is 0 Å². The van der Waals surface area contributed by atoms with E-state index < -0.39 is 12.2 Å². The molecule has 0 unspecified atom stereocenters. The van der Waals surface area contributed by atoms with Crippen molar-refractivity contribution in [3.8, 4) is 0 Å². The summed E-state index contributed by atoms with van der Waals surface area (Å²) in [5, 5.41) is 17.8. The molecule has 0 radical (unpaired) electrons. The van der Waals surface area contributed by atoms with Crippen molar-refractivity contribution in [1.82, 2.24) is 0 Å². The fourth-order valence-electron chi connectivity index (χ4n) is 1.12. The smallest absolute Gasteiger partial charge is 0.108 e. The van der Waals surface area contributed by atoms with Crippen LogP contribution in [0.5, 0.6) is 0 Å². The van der Waals surface area contributed by atoms with Gasteiger partial charge in [-0.05, 0) is 6.92 Å². The highest BCUT2D eigenvalue weighted by Crippen LogP contribution is 2.18. The number of hydrogen-bond acceptors (Lipinski definition) is 4. The summed E-state index contributed by atoms with van der Waals surface area (Å²) in [4.78, 5) is 0. The third-order valence-corrected chi connectivity index (χ3v) is 1.89. The highest BCUT2D eigenvalue weighted by Gasteiger charge is 2.38. The maximum atomic E-state index is 9.22. The predicted octanol–water partition coefficient (Wildman–Crippen LogP) is -1.55. The third kappa shape index (κ3) is 1.15. The van der Waals surface area contributed by atoms with Crippen molar-refractivity contribution < 1.29 is 14.9 Å². The number of aliphatic hydroxyl groups excluding tert-OH is 2. The molecule has 1 aliphatic rings. The van der Waals surface area contributed by atoms with Gasteiger partial charge in [0.05, 0.1) is 24.9 Å². The van der Waals surface area contributed by atoms with Gasteiger partial charge in [0.2, 0.25) is 0 Å². The van der Waals surface area contributed by atoms with Crippen LogP contribution in [0.25, 0.3) is 0 Å². The molecule has 4 atom stereocenters. The molecule has 1 fully saturated rings. The van der Waals surface area contributed by atoms with Crippen molar-refractivity contribution in [2.45, 2.75) is 31.3 Å². The van der Waals surface area contributed by atoms with Crippen LogP contribution >= 0.6 is 0 Å². The minimum absolute atomic E-state index is 0.160. The highest BCUT2D eigenvalue weighted by molar-refractivity contribution is 4.90. The fourth-order valence-corrected chi connectivity index (χ4v) is 1.12. The van der Waals surface area contributed by atoms with Gasteiger partial charge in [0.25, 0.3) is 0 Å².